The molecule has 1 aromatic rings. The highest BCUT2D eigenvalue weighted by molar-refractivity contribution is 5.76. The first-order valence-corrected chi connectivity index (χ1v) is 8.98. The lowest BCUT2D eigenvalue weighted by Crippen LogP contribution is -2.48. The third-order valence-electron chi connectivity index (χ3n) is 4.56. The third kappa shape index (κ3) is 6.22. The molecule has 1 amide bonds. The molecule has 23 heavy (non-hydrogen) atoms. The molecule has 1 saturated heterocycles. The van der Waals surface area contributed by atoms with Crippen LogP contribution in [-0.2, 0) is 4.79 Å². The molecule has 2 rings (SSSR count). The van der Waals surface area contributed by atoms with Gasteiger partial charge in [0.1, 0.15) is 0 Å². The van der Waals surface area contributed by atoms with Crippen LogP contribution in [0.2, 0.25) is 0 Å². The highest BCUT2D eigenvalue weighted by atomic mass is 16.1. The molecule has 1 aromatic carbocycles. The normalized spacial score (nSPS) is 17.0. The van der Waals surface area contributed by atoms with Crippen molar-refractivity contribution in [3.63, 3.8) is 0 Å². The van der Waals surface area contributed by atoms with Crippen LogP contribution in [0.4, 0.5) is 5.69 Å². The van der Waals surface area contributed by atoms with Crippen LogP contribution >= 0.6 is 0 Å². The van der Waals surface area contributed by atoms with Crippen molar-refractivity contribution in [2.75, 3.05) is 44.2 Å². The molecule has 0 saturated carbocycles. The molecule has 1 N–H and O–H groups in total. The summed E-state index contributed by atoms with van der Waals surface area (Å²) in [6, 6.07) is 10.6. The Morgan fingerprint density at radius 1 is 1.17 bits per heavy atom. The fourth-order valence-electron chi connectivity index (χ4n) is 3.21. The second-order valence-corrected chi connectivity index (χ2v) is 6.61. The van der Waals surface area contributed by atoms with Gasteiger partial charge < -0.3 is 10.2 Å². The van der Waals surface area contributed by atoms with Crippen molar-refractivity contribution < 1.29 is 4.79 Å². The van der Waals surface area contributed by atoms with Crippen LogP contribution in [0.5, 0.6) is 0 Å². The van der Waals surface area contributed by atoms with E-state index in [-0.39, 0.29) is 5.91 Å². The number of amides is 1. The molecule has 0 aromatic heterocycles. The van der Waals surface area contributed by atoms with Crippen LogP contribution in [0.15, 0.2) is 30.3 Å². The summed E-state index contributed by atoms with van der Waals surface area (Å²) >= 11 is 0. The minimum absolute atomic E-state index is 0.203. The summed E-state index contributed by atoms with van der Waals surface area (Å²) in [4.78, 5) is 16.7. The average Bonchev–Trinajstić information content (AvgIpc) is 2.56. The molecule has 1 aliphatic heterocycles. The second kappa shape index (κ2) is 9.56. The van der Waals surface area contributed by atoms with E-state index >= 15 is 0 Å². The number of para-hydroxylation sites is 1. The molecule has 1 heterocycles. The number of hydrogen-bond donors (Lipinski definition) is 1. The van der Waals surface area contributed by atoms with Gasteiger partial charge in [-0.25, -0.2) is 0 Å². The molecule has 0 spiro atoms. The predicted molar refractivity (Wildman–Crippen MR) is 96.8 cm³/mol. The molecule has 0 bridgehead atoms. The summed E-state index contributed by atoms with van der Waals surface area (Å²) in [6.45, 7) is 10.3. The van der Waals surface area contributed by atoms with E-state index in [4.69, 9.17) is 0 Å². The van der Waals surface area contributed by atoms with Crippen molar-refractivity contribution >= 4 is 11.6 Å². The molecule has 1 aliphatic rings. The largest absolute Gasteiger partial charge is 0.369 e. The van der Waals surface area contributed by atoms with E-state index in [0.717, 1.165) is 52.1 Å². The zero-order chi connectivity index (χ0) is 16.5. The second-order valence-electron chi connectivity index (χ2n) is 6.61. The van der Waals surface area contributed by atoms with Gasteiger partial charge in [-0.3, -0.25) is 9.69 Å². The Morgan fingerprint density at radius 2 is 1.87 bits per heavy atom. The average molecular weight is 317 g/mol. The Hall–Kier alpha value is -1.55. The first-order chi connectivity index (χ1) is 11.2. The number of piperazine rings is 1. The van der Waals surface area contributed by atoms with E-state index in [2.05, 4.69) is 59.3 Å². The predicted octanol–water partition coefficient (Wildman–Crippen LogP) is 2.75. The van der Waals surface area contributed by atoms with Gasteiger partial charge in [0.2, 0.25) is 5.91 Å². The maximum absolute atomic E-state index is 11.9. The topological polar surface area (TPSA) is 35.6 Å². The Kier molecular flexibility index (Phi) is 7.40. The van der Waals surface area contributed by atoms with Crippen molar-refractivity contribution in [1.82, 2.24) is 10.2 Å². The fourth-order valence-corrected chi connectivity index (χ4v) is 3.21. The number of rotatable bonds is 8. The monoisotopic (exact) mass is 317 g/mol. The Morgan fingerprint density at radius 3 is 2.52 bits per heavy atom. The maximum atomic E-state index is 11.9. The van der Waals surface area contributed by atoms with Crippen molar-refractivity contribution in [3.8, 4) is 0 Å². The molecule has 1 atom stereocenters. The smallest absolute Gasteiger partial charge is 0.220 e. The minimum atomic E-state index is 0.203. The van der Waals surface area contributed by atoms with Crippen LogP contribution in [0.1, 0.15) is 33.1 Å². The van der Waals surface area contributed by atoms with Gasteiger partial charge in [0.15, 0.2) is 0 Å². The number of benzene rings is 1. The highest BCUT2D eigenvalue weighted by Crippen LogP contribution is 2.15. The van der Waals surface area contributed by atoms with Crippen molar-refractivity contribution in [3.05, 3.63) is 30.3 Å². The van der Waals surface area contributed by atoms with Gasteiger partial charge in [-0.1, -0.05) is 44.9 Å². The molecular weight excluding hydrogens is 286 g/mol. The molecule has 4 heteroatoms. The third-order valence-corrected chi connectivity index (χ3v) is 4.56. The quantitative estimate of drug-likeness (QED) is 0.801. The molecule has 128 valence electrons. The van der Waals surface area contributed by atoms with Crippen molar-refractivity contribution in [1.29, 1.82) is 0 Å². The summed E-state index contributed by atoms with van der Waals surface area (Å²) < 4.78 is 0. The SMILES string of the molecule is CCCC(C)CC(=O)NCCN1CCN(c2ccccc2)CC1. The van der Waals surface area contributed by atoms with E-state index in [1.165, 1.54) is 5.69 Å². The van der Waals surface area contributed by atoms with Gasteiger partial charge in [-0.05, 0) is 18.1 Å². The van der Waals surface area contributed by atoms with Gasteiger partial charge in [-0.2, -0.15) is 0 Å². The van der Waals surface area contributed by atoms with Crippen LogP contribution in [-0.4, -0.2) is 50.1 Å². The lowest BCUT2D eigenvalue weighted by molar-refractivity contribution is -0.122. The van der Waals surface area contributed by atoms with Gasteiger partial charge in [-0.15, -0.1) is 0 Å². The lowest BCUT2D eigenvalue weighted by atomic mass is 10.0. The molecule has 0 aliphatic carbocycles. The maximum Gasteiger partial charge on any atom is 0.220 e. The number of nitrogens with one attached hydrogen (secondary N) is 1. The van der Waals surface area contributed by atoms with Crippen molar-refractivity contribution in [2.24, 2.45) is 5.92 Å². The summed E-state index contributed by atoms with van der Waals surface area (Å²) in [5.41, 5.74) is 1.31. The number of hydrogen-bond acceptors (Lipinski definition) is 3. The zero-order valence-corrected chi connectivity index (χ0v) is 14.6. The molecule has 1 fully saturated rings. The molecule has 0 radical (unpaired) electrons. The molecule has 4 nitrogen and oxygen atoms in total. The van der Waals surface area contributed by atoms with E-state index in [0.29, 0.717) is 12.3 Å². The van der Waals surface area contributed by atoms with Crippen molar-refractivity contribution in [2.45, 2.75) is 33.1 Å². The Labute approximate surface area is 140 Å². The van der Waals surface area contributed by atoms with Crippen LogP contribution in [0.25, 0.3) is 0 Å². The van der Waals surface area contributed by atoms with E-state index in [1.807, 2.05) is 0 Å². The van der Waals surface area contributed by atoms with E-state index < -0.39 is 0 Å². The van der Waals surface area contributed by atoms with Crippen LogP contribution in [0.3, 0.4) is 0 Å². The minimum Gasteiger partial charge on any atom is -0.369 e. The summed E-state index contributed by atoms with van der Waals surface area (Å²) in [6.07, 6.45) is 2.95. The van der Waals surface area contributed by atoms with Gasteiger partial charge >= 0.3 is 0 Å². The molecule has 1 unspecified atom stereocenters. The fraction of sp³-hybridized carbons (Fsp3) is 0.632. The summed E-state index contributed by atoms with van der Waals surface area (Å²) in [5.74, 6) is 0.697. The first-order valence-electron chi connectivity index (χ1n) is 8.98. The standard InChI is InChI=1S/C19H31N3O/c1-3-7-17(2)16-19(23)20-10-11-21-12-14-22(15-13-21)18-8-5-4-6-9-18/h4-6,8-9,17H,3,7,10-16H2,1-2H3,(H,20,23). The number of nitrogens with zero attached hydrogens (tertiary/aromatic N) is 2. The first kappa shape index (κ1) is 17.8. The van der Waals surface area contributed by atoms with Gasteiger partial charge in [0.25, 0.3) is 0 Å². The zero-order valence-electron chi connectivity index (χ0n) is 14.6. The lowest BCUT2D eigenvalue weighted by Gasteiger charge is -2.36. The Bertz CT molecular complexity index is 455. The summed E-state index contributed by atoms with van der Waals surface area (Å²) in [7, 11) is 0. The van der Waals surface area contributed by atoms with Crippen LogP contribution in [0, 0.1) is 5.92 Å². The van der Waals surface area contributed by atoms with Gasteiger partial charge in [0, 0.05) is 51.4 Å². The number of anilines is 1. The van der Waals surface area contributed by atoms with Crippen LogP contribution < -0.4 is 10.2 Å². The molecular formula is C19H31N3O. The Balaban J connectivity index is 1.61. The summed E-state index contributed by atoms with van der Waals surface area (Å²) in [5, 5.41) is 3.07. The van der Waals surface area contributed by atoms with E-state index in [1.54, 1.807) is 0 Å². The van der Waals surface area contributed by atoms with Gasteiger partial charge in [0.05, 0.1) is 0 Å². The van der Waals surface area contributed by atoms with E-state index in [9.17, 15) is 4.79 Å². The number of carbonyl (C=O) groups excluding carboxylic acids is 1. The number of carbonyl (C=O) groups is 1. The highest BCUT2D eigenvalue weighted by Gasteiger charge is 2.17.